The number of hydrogen-bond donors (Lipinski definition) is 2. The minimum absolute atomic E-state index is 0.118. The van der Waals surface area contributed by atoms with E-state index >= 15 is 0 Å². The zero-order valence-electron chi connectivity index (χ0n) is 9.79. The molecule has 2 rings (SSSR count). The third kappa shape index (κ3) is 3.88. The van der Waals surface area contributed by atoms with Crippen molar-refractivity contribution in [1.82, 2.24) is 14.8 Å². The van der Waals surface area contributed by atoms with Crippen LogP contribution in [-0.4, -0.2) is 44.8 Å². The van der Waals surface area contributed by atoms with Gasteiger partial charge in [0.15, 0.2) is 5.16 Å². The lowest BCUT2D eigenvalue weighted by Gasteiger charge is -2.05. The first-order valence-electron chi connectivity index (χ1n) is 5.74. The number of hydrogen-bond acceptors (Lipinski definition) is 5. The van der Waals surface area contributed by atoms with Crippen molar-refractivity contribution < 1.29 is 14.6 Å². The van der Waals surface area contributed by atoms with Gasteiger partial charge in [0.05, 0.1) is 18.9 Å². The molecule has 7 nitrogen and oxygen atoms in total. The van der Waals surface area contributed by atoms with E-state index in [0.29, 0.717) is 24.2 Å². The van der Waals surface area contributed by atoms with Crippen molar-refractivity contribution in [2.45, 2.75) is 24.5 Å². The molecule has 1 saturated carbocycles. The van der Waals surface area contributed by atoms with Gasteiger partial charge in [-0.05, 0) is 18.8 Å². The molecule has 8 heteroatoms. The van der Waals surface area contributed by atoms with Crippen LogP contribution in [0.5, 0.6) is 0 Å². The lowest BCUT2D eigenvalue weighted by molar-refractivity contribution is -0.133. The highest BCUT2D eigenvalue weighted by Crippen LogP contribution is 2.28. The van der Waals surface area contributed by atoms with Crippen LogP contribution in [-0.2, 0) is 16.1 Å². The van der Waals surface area contributed by atoms with Gasteiger partial charge in [0.25, 0.3) is 0 Å². The molecule has 1 fully saturated rings. The summed E-state index contributed by atoms with van der Waals surface area (Å²) >= 11 is 1.02. The zero-order chi connectivity index (χ0) is 13.0. The normalized spacial score (nSPS) is 14.9. The second-order valence-electron chi connectivity index (χ2n) is 4.16. The van der Waals surface area contributed by atoms with Gasteiger partial charge >= 0.3 is 11.7 Å². The van der Waals surface area contributed by atoms with Crippen LogP contribution in [0, 0.1) is 5.92 Å². The lowest BCUT2D eigenvalue weighted by Crippen LogP contribution is -2.21. The average molecular weight is 273 g/mol. The molecule has 0 amide bonds. The summed E-state index contributed by atoms with van der Waals surface area (Å²) in [7, 11) is 0. The van der Waals surface area contributed by atoms with Gasteiger partial charge in [-0.2, -0.15) is 0 Å². The number of rotatable bonds is 8. The Morgan fingerprint density at radius 3 is 3.06 bits per heavy atom. The number of thioether (sulfide) groups is 1. The fourth-order valence-electron chi connectivity index (χ4n) is 1.43. The molecule has 0 bridgehead atoms. The first-order chi connectivity index (χ1) is 8.66. The summed E-state index contributed by atoms with van der Waals surface area (Å²) in [6.45, 7) is 1.57. The van der Waals surface area contributed by atoms with Crippen molar-refractivity contribution in [3.63, 3.8) is 0 Å². The first kappa shape index (κ1) is 13.2. The van der Waals surface area contributed by atoms with Crippen LogP contribution in [0.3, 0.4) is 0 Å². The highest BCUT2D eigenvalue weighted by molar-refractivity contribution is 7.99. The molecule has 1 aromatic heterocycles. The molecule has 1 aliphatic rings. The zero-order valence-corrected chi connectivity index (χ0v) is 10.6. The quantitative estimate of drug-likeness (QED) is 0.518. The molecule has 18 heavy (non-hydrogen) atoms. The largest absolute Gasteiger partial charge is 0.481 e. The van der Waals surface area contributed by atoms with E-state index in [9.17, 15) is 9.59 Å². The molecule has 1 aliphatic carbocycles. The van der Waals surface area contributed by atoms with E-state index in [1.165, 1.54) is 17.4 Å². The Morgan fingerprint density at radius 1 is 1.61 bits per heavy atom. The minimum atomic E-state index is -0.938. The molecule has 1 aromatic rings. The molecule has 0 spiro atoms. The molecular weight excluding hydrogens is 258 g/mol. The molecule has 0 saturated heterocycles. The lowest BCUT2D eigenvalue weighted by atomic mass is 10.5. The Labute approximate surface area is 108 Å². The van der Waals surface area contributed by atoms with Gasteiger partial charge in [0.1, 0.15) is 0 Å². The van der Waals surface area contributed by atoms with E-state index in [-0.39, 0.29) is 11.4 Å². The number of carbonyl (C=O) groups is 1. The maximum atomic E-state index is 11.5. The van der Waals surface area contributed by atoms with Gasteiger partial charge < -0.3 is 9.84 Å². The van der Waals surface area contributed by atoms with Crippen LogP contribution >= 0.6 is 11.8 Å². The number of nitrogens with one attached hydrogen (secondary N) is 1. The Bertz CT molecular complexity index is 466. The monoisotopic (exact) mass is 273 g/mol. The fraction of sp³-hybridized carbons (Fsp3) is 0.700. The molecule has 0 atom stereocenters. The molecule has 0 aromatic carbocycles. The van der Waals surface area contributed by atoms with Gasteiger partial charge in [0, 0.05) is 6.61 Å². The average Bonchev–Trinajstić information content (AvgIpc) is 3.08. The highest BCUT2D eigenvalue weighted by atomic mass is 32.2. The molecular formula is C10H15N3O4S. The Balaban J connectivity index is 1.82. The second kappa shape index (κ2) is 6.05. The predicted octanol–water partition coefficient (Wildman–Crippen LogP) is 0.175. The van der Waals surface area contributed by atoms with Gasteiger partial charge in [-0.1, -0.05) is 11.8 Å². The first-order valence-corrected chi connectivity index (χ1v) is 6.73. The summed E-state index contributed by atoms with van der Waals surface area (Å²) in [5, 5.41) is 15.1. The molecule has 100 valence electrons. The molecule has 1 heterocycles. The van der Waals surface area contributed by atoms with Crippen molar-refractivity contribution in [1.29, 1.82) is 0 Å². The number of aromatic nitrogens is 3. The summed E-state index contributed by atoms with van der Waals surface area (Å²) < 4.78 is 6.84. The van der Waals surface area contributed by atoms with E-state index < -0.39 is 5.97 Å². The Kier molecular flexibility index (Phi) is 4.43. The fourth-order valence-corrected chi connectivity index (χ4v) is 2.12. The van der Waals surface area contributed by atoms with E-state index in [1.807, 2.05) is 0 Å². The van der Waals surface area contributed by atoms with Gasteiger partial charge in [-0.25, -0.2) is 9.89 Å². The van der Waals surface area contributed by atoms with Crippen LogP contribution in [0.15, 0.2) is 9.95 Å². The summed E-state index contributed by atoms with van der Waals surface area (Å²) in [4.78, 5) is 21.9. The van der Waals surface area contributed by atoms with Gasteiger partial charge in [-0.3, -0.25) is 9.36 Å². The maximum absolute atomic E-state index is 11.5. The van der Waals surface area contributed by atoms with E-state index in [2.05, 4.69) is 10.2 Å². The highest BCUT2D eigenvalue weighted by Gasteiger charge is 2.21. The van der Waals surface area contributed by atoms with Crippen molar-refractivity contribution in [3.8, 4) is 0 Å². The summed E-state index contributed by atoms with van der Waals surface area (Å²) in [6, 6.07) is 0. The summed E-state index contributed by atoms with van der Waals surface area (Å²) in [5.74, 6) is -0.369. The second-order valence-corrected chi connectivity index (χ2v) is 5.11. The number of aliphatic carboxylic acids is 1. The van der Waals surface area contributed by atoms with E-state index in [4.69, 9.17) is 9.84 Å². The summed E-state index contributed by atoms with van der Waals surface area (Å²) in [5.41, 5.74) is -0.335. The topological polar surface area (TPSA) is 97.2 Å². The Morgan fingerprint density at radius 2 is 2.39 bits per heavy atom. The van der Waals surface area contributed by atoms with Crippen molar-refractivity contribution >= 4 is 17.7 Å². The van der Waals surface area contributed by atoms with Gasteiger partial charge in [0.2, 0.25) is 0 Å². The Hall–Kier alpha value is -1.28. The van der Waals surface area contributed by atoms with Crippen molar-refractivity contribution in [2.24, 2.45) is 5.92 Å². The molecule has 0 aliphatic heterocycles. The SMILES string of the molecule is O=C(O)CSc1n[nH]c(=O)n1CCOCC1CC1. The number of aromatic amines is 1. The predicted molar refractivity (Wildman–Crippen MR) is 64.8 cm³/mol. The third-order valence-electron chi connectivity index (χ3n) is 2.56. The molecule has 0 unspecified atom stereocenters. The molecule has 0 radical (unpaired) electrons. The van der Waals surface area contributed by atoms with Crippen LogP contribution in [0.25, 0.3) is 0 Å². The number of ether oxygens (including phenoxy) is 1. The maximum Gasteiger partial charge on any atom is 0.344 e. The number of H-pyrrole nitrogens is 1. The smallest absolute Gasteiger partial charge is 0.344 e. The van der Waals surface area contributed by atoms with Crippen molar-refractivity contribution in [2.75, 3.05) is 19.0 Å². The van der Waals surface area contributed by atoms with Gasteiger partial charge in [-0.15, -0.1) is 5.10 Å². The standard InChI is InChI=1S/C10H15N3O4S/c14-8(15)6-18-10-12-11-9(16)13(10)3-4-17-5-7-1-2-7/h7H,1-6H2,(H,11,16)(H,14,15). The number of carboxylic acids is 1. The third-order valence-corrected chi connectivity index (χ3v) is 3.52. The molecule has 2 N–H and O–H groups in total. The van der Waals surface area contributed by atoms with E-state index in [1.54, 1.807) is 0 Å². The minimum Gasteiger partial charge on any atom is -0.481 e. The van der Waals surface area contributed by atoms with Crippen molar-refractivity contribution in [3.05, 3.63) is 10.5 Å². The number of carboxylic acid groups (broad SMARTS) is 1. The van der Waals surface area contributed by atoms with Crippen LogP contribution in [0.1, 0.15) is 12.8 Å². The number of nitrogens with zero attached hydrogens (tertiary/aromatic N) is 2. The van der Waals surface area contributed by atoms with Crippen LogP contribution in [0.2, 0.25) is 0 Å². The van der Waals surface area contributed by atoms with Crippen LogP contribution < -0.4 is 5.69 Å². The van der Waals surface area contributed by atoms with E-state index in [0.717, 1.165) is 18.4 Å². The summed E-state index contributed by atoms with van der Waals surface area (Å²) in [6.07, 6.45) is 2.46. The van der Waals surface area contributed by atoms with Crippen LogP contribution in [0.4, 0.5) is 0 Å².